The maximum Gasteiger partial charge on any atom is 0.411 e. The molecule has 0 N–H and O–H groups in total. The number of esters is 1. The molecule has 2 fully saturated rings. The number of amides is 1. The van der Waals surface area contributed by atoms with Crippen molar-refractivity contribution in [2.45, 2.75) is 37.4 Å². The van der Waals surface area contributed by atoms with Crippen LogP contribution in [-0.4, -0.2) is 49.4 Å². The molecular formula is C17H20N2O4. The Labute approximate surface area is 134 Å². The maximum atomic E-state index is 12.3. The average molecular weight is 316 g/mol. The quantitative estimate of drug-likeness (QED) is 0.797. The zero-order chi connectivity index (χ0) is 16.2. The maximum absolute atomic E-state index is 12.3. The fourth-order valence-electron chi connectivity index (χ4n) is 4.59. The van der Waals surface area contributed by atoms with E-state index < -0.39 is 5.41 Å². The lowest BCUT2D eigenvalue weighted by Gasteiger charge is -2.34. The summed E-state index contributed by atoms with van der Waals surface area (Å²) < 4.78 is 10.4. The summed E-state index contributed by atoms with van der Waals surface area (Å²) >= 11 is 0. The molecule has 122 valence electrons. The summed E-state index contributed by atoms with van der Waals surface area (Å²) in [4.78, 5) is 28.4. The Bertz CT molecular complexity index is 676. The van der Waals surface area contributed by atoms with Crippen LogP contribution in [0.1, 0.15) is 25.3 Å². The molecule has 0 spiro atoms. The number of carbonyl (C=O) groups excluding carboxylic acids is 2. The molecule has 2 saturated heterocycles. The molecule has 3 aliphatic rings. The van der Waals surface area contributed by atoms with Gasteiger partial charge in [0.05, 0.1) is 19.1 Å². The molecule has 1 aromatic carbocycles. The number of rotatable bonds is 3. The highest BCUT2D eigenvalue weighted by atomic mass is 16.6. The number of likely N-dealkylation sites (N-methyl/N-ethyl adjacent to an activating group) is 1. The number of hydrogen-bond acceptors (Lipinski definition) is 5. The second kappa shape index (κ2) is 4.88. The Morgan fingerprint density at radius 2 is 2.22 bits per heavy atom. The second-order valence-corrected chi connectivity index (χ2v) is 6.48. The van der Waals surface area contributed by atoms with Crippen LogP contribution in [0.4, 0.5) is 10.5 Å². The van der Waals surface area contributed by atoms with Gasteiger partial charge in [-0.05, 0) is 25.0 Å². The third-order valence-corrected chi connectivity index (χ3v) is 5.31. The molecule has 0 aromatic heterocycles. The Morgan fingerprint density at radius 1 is 1.43 bits per heavy atom. The molecule has 4 rings (SSSR count). The molecule has 0 radical (unpaired) electrons. The standard InChI is InChI=1S/C17H20N2O4/c1-3-22-14(20)9-17-8-11-10-23-16(21)19(11)15(17)18(2)13-7-5-4-6-12(13)17/h4-7,11,15H,3,8-10H2,1-2H3/t11?,15-,17+/m0/s1. The number of ether oxygens (including phenoxy) is 2. The third kappa shape index (κ3) is 1.81. The van der Waals surface area contributed by atoms with Gasteiger partial charge in [-0.1, -0.05) is 18.2 Å². The van der Waals surface area contributed by atoms with Gasteiger partial charge in [0, 0.05) is 18.2 Å². The van der Waals surface area contributed by atoms with E-state index in [1.807, 2.05) is 32.2 Å². The van der Waals surface area contributed by atoms with Crippen LogP contribution in [-0.2, 0) is 19.7 Å². The normalized spacial score (nSPS) is 30.8. The monoisotopic (exact) mass is 316 g/mol. The van der Waals surface area contributed by atoms with Gasteiger partial charge in [0.1, 0.15) is 12.8 Å². The second-order valence-electron chi connectivity index (χ2n) is 6.48. The van der Waals surface area contributed by atoms with Crippen LogP contribution in [0.25, 0.3) is 0 Å². The summed E-state index contributed by atoms with van der Waals surface area (Å²) in [5.41, 5.74) is 1.78. The predicted octanol–water partition coefficient (Wildman–Crippen LogP) is 1.88. The first-order valence-electron chi connectivity index (χ1n) is 8.01. The van der Waals surface area contributed by atoms with Crippen molar-refractivity contribution in [2.24, 2.45) is 0 Å². The minimum Gasteiger partial charge on any atom is -0.466 e. The first kappa shape index (κ1) is 14.4. The minimum atomic E-state index is -0.415. The molecule has 1 amide bonds. The zero-order valence-electron chi connectivity index (χ0n) is 13.3. The Hall–Kier alpha value is -2.24. The molecule has 3 aliphatic heterocycles. The van der Waals surface area contributed by atoms with Gasteiger partial charge in [-0.2, -0.15) is 0 Å². The Balaban J connectivity index is 1.81. The van der Waals surface area contributed by atoms with Gasteiger partial charge in [-0.3, -0.25) is 9.69 Å². The van der Waals surface area contributed by atoms with Gasteiger partial charge in [-0.25, -0.2) is 4.79 Å². The largest absolute Gasteiger partial charge is 0.466 e. The number of para-hydroxylation sites is 1. The molecule has 1 aromatic rings. The van der Waals surface area contributed by atoms with Gasteiger partial charge >= 0.3 is 12.1 Å². The SMILES string of the molecule is CCOC(=O)C[C@@]12CC3COC(=O)N3[C@@H]1N(C)c1ccccc12. The van der Waals surface area contributed by atoms with Crippen molar-refractivity contribution in [1.82, 2.24) is 4.90 Å². The van der Waals surface area contributed by atoms with Crippen molar-refractivity contribution < 1.29 is 19.1 Å². The van der Waals surface area contributed by atoms with E-state index in [1.54, 1.807) is 4.90 Å². The predicted molar refractivity (Wildman–Crippen MR) is 83.2 cm³/mol. The van der Waals surface area contributed by atoms with Crippen molar-refractivity contribution >= 4 is 17.7 Å². The highest BCUT2D eigenvalue weighted by Crippen LogP contribution is 2.56. The number of carbonyl (C=O) groups is 2. The first-order valence-corrected chi connectivity index (χ1v) is 8.01. The van der Waals surface area contributed by atoms with Crippen LogP contribution in [0.3, 0.4) is 0 Å². The van der Waals surface area contributed by atoms with Crippen molar-refractivity contribution in [2.75, 3.05) is 25.2 Å². The van der Waals surface area contributed by atoms with E-state index in [9.17, 15) is 9.59 Å². The molecular weight excluding hydrogens is 296 g/mol. The molecule has 23 heavy (non-hydrogen) atoms. The lowest BCUT2D eigenvalue weighted by Crippen LogP contribution is -2.50. The fourth-order valence-corrected chi connectivity index (χ4v) is 4.59. The minimum absolute atomic E-state index is 0.0257. The lowest BCUT2D eigenvalue weighted by atomic mass is 9.75. The molecule has 1 unspecified atom stereocenters. The van der Waals surface area contributed by atoms with Crippen LogP contribution in [0.2, 0.25) is 0 Å². The van der Waals surface area contributed by atoms with Crippen molar-refractivity contribution in [3.63, 3.8) is 0 Å². The summed E-state index contributed by atoms with van der Waals surface area (Å²) in [5, 5.41) is 0. The van der Waals surface area contributed by atoms with E-state index in [0.29, 0.717) is 13.2 Å². The Kier molecular flexibility index (Phi) is 3.04. The highest BCUT2D eigenvalue weighted by molar-refractivity contribution is 5.80. The van der Waals surface area contributed by atoms with E-state index in [2.05, 4.69) is 11.0 Å². The molecule has 6 nitrogen and oxygen atoms in total. The average Bonchev–Trinajstić information content (AvgIpc) is 3.10. The summed E-state index contributed by atoms with van der Waals surface area (Å²) in [5.74, 6) is -0.211. The summed E-state index contributed by atoms with van der Waals surface area (Å²) in [6.45, 7) is 2.58. The topological polar surface area (TPSA) is 59.1 Å². The van der Waals surface area contributed by atoms with E-state index in [1.165, 1.54) is 0 Å². The smallest absolute Gasteiger partial charge is 0.411 e. The van der Waals surface area contributed by atoms with E-state index in [-0.39, 0.29) is 30.7 Å². The summed E-state index contributed by atoms with van der Waals surface area (Å²) in [6.07, 6.45) is 0.533. The summed E-state index contributed by atoms with van der Waals surface area (Å²) in [7, 11) is 1.98. The van der Waals surface area contributed by atoms with Crippen LogP contribution in [0, 0.1) is 0 Å². The van der Waals surface area contributed by atoms with Crippen LogP contribution in [0.15, 0.2) is 24.3 Å². The molecule has 0 saturated carbocycles. The number of anilines is 1. The van der Waals surface area contributed by atoms with E-state index >= 15 is 0 Å². The van der Waals surface area contributed by atoms with Gasteiger partial charge in [-0.15, -0.1) is 0 Å². The summed E-state index contributed by atoms with van der Waals surface area (Å²) in [6, 6.07) is 8.10. The van der Waals surface area contributed by atoms with Gasteiger partial charge in [0.15, 0.2) is 0 Å². The molecule has 3 atom stereocenters. The molecule has 0 aliphatic carbocycles. The number of fused-ring (bicyclic) bond motifs is 5. The van der Waals surface area contributed by atoms with E-state index in [0.717, 1.165) is 17.7 Å². The lowest BCUT2D eigenvalue weighted by molar-refractivity contribution is -0.144. The zero-order valence-corrected chi connectivity index (χ0v) is 13.3. The highest BCUT2D eigenvalue weighted by Gasteiger charge is 2.64. The van der Waals surface area contributed by atoms with Crippen LogP contribution in [0.5, 0.6) is 0 Å². The fraction of sp³-hybridized carbons (Fsp3) is 0.529. The molecule has 3 heterocycles. The number of nitrogens with zero attached hydrogens (tertiary/aromatic N) is 2. The third-order valence-electron chi connectivity index (χ3n) is 5.31. The van der Waals surface area contributed by atoms with Gasteiger partial charge in [0.25, 0.3) is 0 Å². The molecule has 0 bridgehead atoms. The van der Waals surface area contributed by atoms with Crippen molar-refractivity contribution in [3.05, 3.63) is 29.8 Å². The molecule has 6 heteroatoms. The van der Waals surface area contributed by atoms with Gasteiger partial charge < -0.3 is 14.4 Å². The number of hydrogen-bond donors (Lipinski definition) is 0. The number of benzene rings is 1. The van der Waals surface area contributed by atoms with Crippen molar-refractivity contribution in [1.29, 1.82) is 0 Å². The van der Waals surface area contributed by atoms with Crippen molar-refractivity contribution in [3.8, 4) is 0 Å². The van der Waals surface area contributed by atoms with E-state index in [4.69, 9.17) is 9.47 Å². The Morgan fingerprint density at radius 3 is 3.00 bits per heavy atom. The van der Waals surface area contributed by atoms with Crippen LogP contribution >= 0.6 is 0 Å². The van der Waals surface area contributed by atoms with Gasteiger partial charge in [0.2, 0.25) is 0 Å². The number of cyclic esters (lactones) is 1. The van der Waals surface area contributed by atoms with Crippen LogP contribution < -0.4 is 4.90 Å². The first-order chi connectivity index (χ1) is 11.1.